The van der Waals surface area contributed by atoms with Crippen LogP contribution in [0.2, 0.25) is 0 Å². The molecule has 3 N–H and O–H groups in total. The summed E-state index contributed by atoms with van der Waals surface area (Å²) in [7, 11) is 0. The van der Waals surface area contributed by atoms with Crippen molar-refractivity contribution in [2.24, 2.45) is 5.73 Å². The second-order valence-corrected chi connectivity index (χ2v) is 4.30. The summed E-state index contributed by atoms with van der Waals surface area (Å²) in [4.78, 5) is 11.0. The van der Waals surface area contributed by atoms with Crippen LogP contribution in [0.5, 0.6) is 5.75 Å². The summed E-state index contributed by atoms with van der Waals surface area (Å²) in [6, 6.07) is 3.19. The van der Waals surface area contributed by atoms with Crippen LogP contribution in [-0.4, -0.2) is 25.1 Å². The number of halogens is 3. The highest BCUT2D eigenvalue weighted by Gasteiger charge is 2.35. The zero-order valence-electron chi connectivity index (χ0n) is 9.96. The van der Waals surface area contributed by atoms with Gasteiger partial charge in [0.1, 0.15) is 11.9 Å². The molecule has 1 fully saturated rings. The highest BCUT2D eigenvalue weighted by molar-refractivity contribution is 5.94. The van der Waals surface area contributed by atoms with Crippen LogP contribution in [0.4, 0.5) is 13.2 Å². The van der Waals surface area contributed by atoms with Gasteiger partial charge in [0, 0.05) is 6.54 Å². The maximum absolute atomic E-state index is 12.8. The lowest BCUT2D eigenvalue weighted by Gasteiger charge is -2.16. The molecule has 1 aromatic carbocycles. The molecular formula is C12H13F3N2O2. The fourth-order valence-corrected chi connectivity index (χ4v) is 1.97. The zero-order valence-corrected chi connectivity index (χ0v) is 9.96. The van der Waals surface area contributed by atoms with E-state index in [1.54, 1.807) is 0 Å². The quantitative estimate of drug-likeness (QED) is 0.879. The minimum Gasteiger partial charge on any atom is -0.489 e. The molecule has 1 amide bonds. The molecule has 1 atom stereocenters. The summed E-state index contributed by atoms with van der Waals surface area (Å²) in [5.74, 6) is -1.02. The maximum Gasteiger partial charge on any atom is 0.417 e. The Morgan fingerprint density at radius 2 is 2.16 bits per heavy atom. The number of benzene rings is 1. The molecule has 1 unspecified atom stereocenters. The number of amides is 1. The van der Waals surface area contributed by atoms with Crippen molar-refractivity contribution in [1.29, 1.82) is 0 Å². The normalized spacial score (nSPS) is 19.4. The van der Waals surface area contributed by atoms with Crippen molar-refractivity contribution in [3.8, 4) is 5.75 Å². The van der Waals surface area contributed by atoms with Gasteiger partial charge in [0.2, 0.25) is 5.91 Å². The summed E-state index contributed by atoms with van der Waals surface area (Å²) in [5, 5.41) is 3.05. The van der Waals surface area contributed by atoms with Crippen LogP contribution in [0.3, 0.4) is 0 Å². The molecule has 0 aromatic heterocycles. The van der Waals surface area contributed by atoms with Crippen molar-refractivity contribution in [1.82, 2.24) is 5.32 Å². The summed E-state index contributed by atoms with van der Waals surface area (Å²) < 4.78 is 43.9. The van der Waals surface area contributed by atoms with Crippen LogP contribution in [-0.2, 0) is 6.18 Å². The lowest BCUT2D eigenvalue weighted by Crippen LogP contribution is -2.21. The van der Waals surface area contributed by atoms with Crippen molar-refractivity contribution in [3.63, 3.8) is 0 Å². The Morgan fingerprint density at radius 1 is 1.42 bits per heavy atom. The molecule has 1 heterocycles. The molecule has 2 rings (SSSR count). The van der Waals surface area contributed by atoms with E-state index in [0.717, 1.165) is 25.1 Å². The Kier molecular flexibility index (Phi) is 3.66. The number of hydrogen-bond acceptors (Lipinski definition) is 3. The number of alkyl halides is 3. The predicted molar refractivity (Wildman–Crippen MR) is 61.9 cm³/mol. The van der Waals surface area contributed by atoms with E-state index in [1.807, 2.05) is 0 Å². The first-order valence-electron chi connectivity index (χ1n) is 5.76. The Labute approximate surface area is 107 Å². The number of rotatable bonds is 3. The fraction of sp³-hybridized carbons (Fsp3) is 0.417. The fourth-order valence-electron chi connectivity index (χ4n) is 1.97. The molecule has 0 bridgehead atoms. The van der Waals surface area contributed by atoms with Crippen LogP contribution in [0.1, 0.15) is 22.3 Å². The van der Waals surface area contributed by atoms with Crippen molar-refractivity contribution in [3.05, 3.63) is 29.3 Å². The van der Waals surface area contributed by atoms with Gasteiger partial charge in [-0.1, -0.05) is 0 Å². The number of carbonyl (C=O) groups is 1. The summed E-state index contributed by atoms with van der Waals surface area (Å²) in [6.07, 6.45) is -4.06. The topological polar surface area (TPSA) is 64.4 Å². The van der Waals surface area contributed by atoms with Crippen LogP contribution in [0.25, 0.3) is 0 Å². The first-order valence-corrected chi connectivity index (χ1v) is 5.76. The zero-order chi connectivity index (χ0) is 14.0. The smallest absolute Gasteiger partial charge is 0.417 e. The van der Waals surface area contributed by atoms with Gasteiger partial charge >= 0.3 is 6.18 Å². The molecule has 1 saturated heterocycles. The van der Waals surface area contributed by atoms with Gasteiger partial charge in [-0.25, -0.2) is 0 Å². The van der Waals surface area contributed by atoms with Crippen LogP contribution < -0.4 is 15.8 Å². The van der Waals surface area contributed by atoms with Crippen molar-refractivity contribution in [2.45, 2.75) is 18.7 Å². The molecule has 0 spiro atoms. The molecular weight excluding hydrogens is 261 g/mol. The largest absolute Gasteiger partial charge is 0.489 e. The van der Waals surface area contributed by atoms with E-state index in [0.29, 0.717) is 6.54 Å². The second kappa shape index (κ2) is 5.08. The Hall–Kier alpha value is -1.76. The Bertz CT molecular complexity index is 482. The highest BCUT2D eigenvalue weighted by Crippen LogP contribution is 2.34. The molecule has 104 valence electrons. The average molecular weight is 274 g/mol. The van der Waals surface area contributed by atoms with E-state index in [4.69, 9.17) is 10.5 Å². The van der Waals surface area contributed by atoms with Crippen LogP contribution >= 0.6 is 0 Å². The predicted octanol–water partition coefficient (Wildman–Crippen LogP) is 1.54. The van der Waals surface area contributed by atoms with Gasteiger partial charge in [0.25, 0.3) is 0 Å². The summed E-state index contributed by atoms with van der Waals surface area (Å²) >= 11 is 0. The van der Waals surface area contributed by atoms with Crippen LogP contribution in [0, 0.1) is 0 Å². The molecule has 19 heavy (non-hydrogen) atoms. The number of hydrogen-bond donors (Lipinski definition) is 2. The monoisotopic (exact) mass is 274 g/mol. The Morgan fingerprint density at radius 3 is 2.68 bits per heavy atom. The summed E-state index contributed by atoms with van der Waals surface area (Å²) in [5.41, 5.74) is 3.32. The average Bonchev–Trinajstić information content (AvgIpc) is 2.80. The minimum absolute atomic E-state index is 0.0889. The van der Waals surface area contributed by atoms with Gasteiger partial charge in [0.05, 0.1) is 11.1 Å². The van der Waals surface area contributed by atoms with E-state index >= 15 is 0 Å². The first kappa shape index (κ1) is 13.7. The van der Waals surface area contributed by atoms with Gasteiger partial charge in [-0.2, -0.15) is 13.2 Å². The standard InChI is InChI=1S/C12H13F3N2O2/c13-12(14,15)10-5-7(1-2-9(10)11(16)18)19-8-3-4-17-6-8/h1-2,5,8,17H,3-4,6H2,(H2,16,18). The number of nitrogens with one attached hydrogen (secondary N) is 1. The molecule has 0 radical (unpaired) electrons. The van der Waals surface area contributed by atoms with Gasteiger partial charge in [-0.3, -0.25) is 4.79 Å². The number of carbonyl (C=O) groups excluding carboxylic acids is 1. The number of ether oxygens (including phenoxy) is 1. The van der Waals surface area contributed by atoms with E-state index in [9.17, 15) is 18.0 Å². The lowest BCUT2D eigenvalue weighted by molar-refractivity contribution is -0.138. The SMILES string of the molecule is NC(=O)c1ccc(OC2CCNC2)cc1C(F)(F)F. The van der Waals surface area contributed by atoms with Crippen LogP contribution in [0.15, 0.2) is 18.2 Å². The number of primary amides is 1. The third kappa shape index (κ3) is 3.17. The van der Waals surface area contributed by atoms with Gasteiger partial charge < -0.3 is 15.8 Å². The highest BCUT2D eigenvalue weighted by atomic mass is 19.4. The molecule has 1 aliphatic heterocycles. The van der Waals surface area contributed by atoms with Gasteiger partial charge in [0.15, 0.2) is 0 Å². The molecule has 7 heteroatoms. The summed E-state index contributed by atoms with van der Waals surface area (Å²) in [6.45, 7) is 1.37. The van der Waals surface area contributed by atoms with Crippen molar-refractivity contribution < 1.29 is 22.7 Å². The molecule has 1 aliphatic rings. The van der Waals surface area contributed by atoms with Crippen molar-refractivity contribution in [2.75, 3.05) is 13.1 Å². The first-order chi connectivity index (χ1) is 8.88. The van der Waals surface area contributed by atoms with E-state index in [2.05, 4.69) is 5.32 Å². The van der Waals surface area contributed by atoms with E-state index in [-0.39, 0.29) is 11.9 Å². The molecule has 0 saturated carbocycles. The van der Waals surface area contributed by atoms with Gasteiger partial charge in [-0.05, 0) is 31.2 Å². The molecule has 4 nitrogen and oxygen atoms in total. The Balaban J connectivity index is 2.29. The van der Waals surface area contributed by atoms with E-state index in [1.165, 1.54) is 6.07 Å². The second-order valence-electron chi connectivity index (χ2n) is 4.30. The maximum atomic E-state index is 12.8. The lowest BCUT2D eigenvalue weighted by atomic mass is 10.1. The minimum atomic E-state index is -4.64. The van der Waals surface area contributed by atoms with Gasteiger partial charge in [-0.15, -0.1) is 0 Å². The third-order valence-electron chi connectivity index (χ3n) is 2.88. The van der Waals surface area contributed by atoms with Crippen molar-refractivity contribution >= 4 is 5.91 Å². The molecule has 0 aliphatic carbocycles. The molecule has 1 aromatic rings. The third-order valence-corrected chi connectivity index (χ3v) is 2.88. The van der Waals surface area contributed by atoms with E-state index < -0.39 is 23.2 Å². The number of nitrogens with two attached hydrogens (primary N) is 1.